The first kappa shape index (κ1) is 21.1. The zero-order valence-electron chi connectivity index (χ0n) is 16.2. The van der Waals surface area contributed by atoms with Gasteiger partial charge >= 0.3 is 5.97 Å². The van der Waals surface area contributed by atoms with Gasteiger partial charge in [0.15, 0.2) is 0 Å². The van der Waals surface area contributed by atoms with Crippen LogP contribution in [0.3, 0.4) is 0 Å². The minimum Gasteiger partial charge on any atom is -0.496 e. The van der Waals surface area contributed by atoms with Crippen LogP contribution in [0, 0.1) is 0 Å². The smallest absolute Gasteiger partial charge is 0.342 e. The topological polar surface area (TPSA) is 72.9 Å². The van der Waals surface area contributed by atoms with Crippen molar-refractivity contribution in [2.24, 2.45) is 0 Å². The lowest BCUT2D eigenvalue weighted by Gasteiger charge is -2.18. The number of methoxy groups -OCH3 is 1. The van der Waals surface area contributed by atoms with E-state index in [0.29, 0.717) is 11.1 Å². The van der Waals surface area contributed by atoms with Gasteiger partial charge in [0.05, 0.1) is 28.9 Å². The first-order valence-electron chi connectivity index (χ1n) is 9.17. The molecule has 0 bridgehead atoms. The lowest BCUT2D eigenvalue weighted by atomic mass is 10.1. The molecule has 0 spiro atoms. The summed E-state index contributed by atoms with van der Waals surface area (Å²) in [6, 6.07) is 16.6. The van der Waals surface area contributed by atoms with Crippen molar-refractivity contribution in [3.05, 3.63) is 92.4 Å². The molecule has 0 aromatic heterocycles. The van der Waals surface area contributed by atoms with Gasteiger partial charge in [0.1, 0.15) is 17.9 Å². The van der Waals surface area contributed by atoms with Gasteiger partial charge in [-0.3, -0.25) is 9.59 Å². The Balaban J connectivity index is 1.62. The number of anilines is 1. The second kappa shape index (κ2) is 8.53. The van der Waals surface area contributed by atoms with Gasteiger partial charge in [0, 0.05) is 10.5 Å². The first-order valence-corrected chi connectivity index (χ1v) is 10.3. The van der Waals surface area contributed by atoms with Gasteiger partial charge in [0.25, 0.3) is 11.8 Å². The summed E-state index contributed by atoms with van der Waals surface area (Å²) in [5.41, 5.74) is 1.62. The van der Waals surface area contributed by atoms with E-state index in [-0.39, 0.29) is 28.6 Å². The number of carbonyl (C=O) groups excluding carboxylic acids is 3. The highest BCUT2D eigenvalue weighted by Crippen LogP contribution is 2.38. The Morgan fingerprint density at radius 1 is 1.00 bits per heavy atom. The van der Waals surface area contributed by atoms with E-state index in [2.05, 4.69) is 15.9 Å². The molecule has 0 unspecified atom stereocenters. The van der Waals surface area contributed by atoms with Gasteiger partial charge in [-0.1, -0.05) is 51.8 Å². The molecule has 4 rings (SSSR count). The van der Waals surface area contributed by atoms with Crippen molar-refractivity contribution in [2.45, 2.75) is 6.61 Å². The first-order chi connectivity index (χ1) is 14.9. The summed E-state index contributed by atoms with van der Waals surface area (Å²) >= 11 is 9.73. The number of ether oxygens (including phenoxy) is 2. The summed E-state index contributed by atoms with van der Waals surface area (Å²) in [7, 11) is 1.38. The van der Waals surface area contributed by atoms with Crippen molar-refractivity contribution >= 4 is 51.0 Å². The zero-order valence-corrected chi connectivity index (χ0v) is 18.6. The fourth-order valence-electron chi connectivity index (χ4n) is 3.26. The van der Waals surface area contributed by atoms with Crippen molar-refractivity contribution in [3.63, 3.8) is 0 Å². The number of fused-ring (bicyclic) bond motifs is 1. The van der Waals surface area contributed by atoms with Gasteiger partial charge in [-0.2, -0.15) is 0 Å². The van der Waals surface area contributed by atoms with Crippen LogP contribution in [-0.4, -0.2) is 24.9 Å². The lowest BCUT2D eigenvalue weighted by Crippen LogP contribution is -2.29. The molecule has 3 aromatic carbocycles. The van der Waals surface area contributed by atoms with E-state index < -0.39 is 17.8 Å². The van der Waals surface area contributed by atoms with Crippen molar-refractivity contribution in [1.29, 1.82) is 0 Å². The number of benzene rings is 3. The molecular weight excluding hydrogens is 486 g/mol. The van der Waals surface area contributed by atoms with E-state index >= 15 is 0 Å². The number of hydrogen-bond donors (Lipinski definition) is 0. The molecule has 156 valence electrons. The molecule has 6 nitrogen and oxygen atoms in total. The molecule has 8 heteroatoms. The Morgan fingerprint density at radius 3 is 2.19 bits per heavy atom. The maximum Gasteiger partial charge on any atom is 0.342 e. The Kier molecular flexibility index (Phi) is 5.80. The summed E-state index contributed by atoms with van der Waals surface area (Å²) in [4.78, 5) is 39.2. The van der Waals surface area contributed by atoms with E-state index in [1.807, 2.05) is 24.3 Å². The number of nitrogens with zero attached hydrogens (tertiary/aromatic N) is 1. The molecule has 1 aliphatic heterocycles. The van der Waals surface area contributed by atoms with Crippen molar-refractivity contribution < 1.29 is 23.9 Å². The zero-order chi connectivity index (χ0) is 22.1. The molecule has 3 aromatic rings. The van der Waals surface area contributed by atoms with Gasteiger partial charge in [-0.25, -0.2) is 9.69 Å². The highest BCUT2D eigenvalue weighted by atomic mass is 79.9. The average molecular weight is 501 g/mol. The molecule has 0 saturated carbocycles. The minimum atomic E-state index is -0.643. The van der Waals surface area contributed by atoms with Crippen LogP contribution in [0.5, 0.6) is 5.75 Å². The maximum absolute atomic E-state index is 12.8. The Morgan fingerprint density at radius 2 is 1.61 bits per heavy atom. The number of halogens is 2. The molecule has 31 heavy (non-hydrogen) atoms. The summed E-state index contributed by atoms with van der Waals surface area (Å²) in [6.45, 7) is 0.0625. The van der Waals surface area contributed by atoms with E-state index in [1.165, 1.54) is 19.2 Å². The number of rotatable bonds is 5. The number of esters is 1. The molecule has 0 aliphatic carbocycles. The molecule has 0 saturated heterocycles. The summed E-state index contributed by atoms with van der Waals surface area (Å²) in [6.07, 6.45) is 0. The van der Waals surface area contributed by atoms with E-state index in [4.69, 9.17) is 21.1 Å². The van der Waals surface area contributed by atoms with Gasteiger partial charge in [-0.15, -0.1) is 0 Å². The third-order valence-electron chi connectivity index (χ3n) is 4.81. The van der Waals surface area contributed by atoms with Crippen molar-refractivity contribution in [1.82, 2.24) is 0 Å². The molecule has 1 heterocycles. The molecule has 2 amide bonds. The van der Waals surface area contributed by atoms with Crippen LogP contribution in [0.2, 0.25) is 5.02 Å². The van der Waals surface area contributed by atoms with Gasteiger partial charge in [-0.05, 0) is 35.9 Å². The Bertz CT molecular complexity index is 1170. The summed E-state index contributed by atoms with van der Waals surface area (Å²) in [5.74, 6) is -1.49. The molecule has 0 fully saturated rings. The normalized spacial score (nSPS) is 12.7. The van der Waals surface area contributed by atoms with Crippen LogP contribution in [-0.2, 0) is 11.3 Å². The highest BCUT2D eigenvalue weighted by molar-refractivity contribution is 9.10. The number of imide groups is 1. The number of hydrogen-bond acceptors (Lipinski definition) is 5. The third-order valence-corrected chi connectivity index (χ3v) is 5.64. The SMILES string of the molecule is COc1cc(N2C(=O)c3ccccc3C2=O)c(Cl)cc1C(=O)OCc1ccc(Br)cc1. The molecule has 1 aliphatic rings. The summed E-state index contributed by atoms with van der Waals surface area (Å²) in [5, 5.41) is 0.0471. The second-order valence-corrected chi connectivity index (χ2v) is 8.02. The van der Waals surface area contributed by atoms with E-state index in [9.17, 15) is 14.4 Å². The number of amides is 2. The van der Waals surface area contributed by atoms with E-state index in [1.54, 1.807) is 24.3 Å². The van der Waals surface area contributed by atoms with Crippen LogP contribution in [0.15, 0.2) is 65.1 Å². The quantitative estimate of drug-likeness (QED) is 0.353. The van der Waals surface area contributed by atoms with Crippen LogP contribution in [0.25, 0.3) is 0 Å². The maximum atomic E-state index is 12.8. The van der Waals surface area contributed by atoms with Gasteiger partial charge < -0.3 is 9.47 Å². The Labute approximate surface area is 191 Å². The second-order valence-electron chi connectivity index (χ2n) is 6.70. The van der Waals surface area contributed by atoms with Crippen LogP contribution >= 0.6 is 27.5 Å². The fraction of sp³-hybridized carbons (Fsp3) is 0.0870. The lowest BCUT2D eigenvalue weighted by molar-refractivity contribution is 0.0469. The molecule has 0 N–H and O–H groups in total. The minimum absolute atomic E-state index is 0.0471. The number of carbonyl (C=O) groups is 3. The average Bonchev–Trinajstić information content (AvgIpc) is 3.03. The molecule has 0 atom stereocenters. The van der Waals surface area contributed by atoms with E-state index in [0.717, 1.165) is 14.9 Å². The monoisotopic (exact) mass is 499 g/mol. The van der Waals surface area contributed by atoms with Crippen LogP contribution < -0.4 is 9.64 Å². The van der Waals surface area contributed by atoms with Crippen molar-refractivity contribution in [3.8, 4) is 5.75 Å². The van der Waals surface area contributed by atoms with Gasteiger partial charge in [0.2, 0.25) is 0 Å². The predicted octanol–water partition coefficient (Wildman–Crippen LogP) is 5.27. The third kappa shape index (κ3) is 3.94. The standard InChI is InChI=1S/C23H15BrClNO5/c1-30-20-11-19(26-21(27)15-4-2-3-5-16(15)22(26)28)18(25)10-17(20)23(29)31-12-13-6-8-14(24)9-7-13/h2-11H,12H2,1H3. The van der Waals surface area contributed by atoms with Crippen LogP contribution in [0.4, 0.5) is 5.69 Å². The van der Waals surface area contributed by atoms with Crippen LogP contribution in [0.1, 0.15) is 36.6 Å². The van der Waals surface area contributed by atoms with Crippen molar-refractivity contribution in [2.75, 3.05) is 12.0 Å². The Hall–Kier alpha value is -3.16. The fourth-order valence-corrected chi connectivity index (χ4v) is 3.77. The largest absolute Gasteiger partial charge is 0.496 e. The highest BCUT2D eigenvalue weighted by Gasteiger charge is 2.38. The molecular formula is C23H15BrClNO5. The predicted molar refractivity (Wildman–Crippen MR) is 119 cm³/mol. The molecule has 0 radical (unpaired) electrons. The summed E-state index contributed by atoms with van der Waals surface area (Å²) < 4.78 is 11.6.